The van der Waals surface area contributed by atoms with E-state index in [0.29, 0.717) is 4.90 Å². The molecule has 4 unspecified atom stereocenters. The van der Waals surface area contributed by atoms with Crippen LogP contribution in [-0.2, 0) is 4.74 Å². The fourth-order valence-corrected chi connectivity index (χ4v) is 2.71. The second kappa shape index (κ2) is 7.88. The minimum Gasteiger partial charge on any atom is -0.365 e. The van der Waals surface area contributed by atoms with Crippen LogP contribution < -0.4 is 0 Å². The lowest BCUT2D eigenvalue weighted by molar-refractivity contribution is -0.321. The zero-order chi connectivity index (χ0) is 21.4. The van der Waals surface area contributed by atoms with Gasteiger partial charge in [-0.1, -0.05) is 0 Å². The van der Waals surface area contributed by atoms with E-state index >= 15 is 0 Å². The fraction of sp³-hybridized carbons (Fsp3) is 1.00. The molecule has 1 fully saturated rings. The van der Waals surface area contributed by atoms with Crippen LogP contribution in [-0.4, -0.2) is 66.6 Å². The number of halogens is 11. The fourth-order valence-electron chi connectivity index (χ4n) is 2.71. The molecule has 1 aliphatic rings. The van der Waals surface area contributed by atoms with Crippen LogP contribution >= 0.6 is 0 Å². The van der Waals surface area contributed by atoms with Crippen molar-refractivity contribution in [1.29, 1.82) is 0 Å². The van der Waals surface area contributed by atoms with Crippen molar-refractivity contribution in [3.05, 3.63) is 0 Å². The van der Waals surface area contributed by atoms with E-state index < -0.39 is 48.6 Å². The minimum absolute atomic E-state index is 0.148. The topological polar surface area (TPSA) is 12.5 Å². The van der Waals surface area contributed by atoms with E-state index in [-0.39, 0.29) is 39.8 Å². The lowest BCUT2D eigenvalue weighted by Crippen LogP contribution is -2.63. The first-order valence-electron chi connectivity index (χ1n) is 7.85. The Bertz CT molecular complexity index is 488. The molecule has 0 bridgehead atoms. The van der Waals surface area contributed by atoms with Gasteiger partial charge >= 0.3 is 18.3 Å². The normalized spacial score (nSPS) is 24.3. The average Bonchev–Trinajstić information content (AvgIpc) is 3.04. The predicted molar refractivity (Wildman–Crippen MR) is 71.5 cm³/mol. The minimum atomic E-state index is -6.03. The highest BCUT2D eigenvalue weighted by Crippen LogP contribution is 2.45. The first-order valence-corrected chi connectivity index (χ1v) is 7.85. The second-order valence-electron chi connectivity index (χ2n) is 6.34. The number of hydrogen-bond acceptors (Lipinski definition) is 2. The molecule has 0 spiro atoms. The summed E-state index contributed by atoms with van der Waals surface area (Å²) in [6.45, 7) is -0.0673. The van der Waals surface area contributed by atoms with Crippen molar-refractivity contribution in [1.82, 2.24) is 4.90 Å². The van der Waals surface area contributed by atoms with Crippen molar-refractivity contribution >= 4 is 0 Å². The van der Waals surface area contributed by atoms with E-state index in [9.17, 15) is 48.3 Å². The molecule has 0 aromatic heterocycles. The molecule has 0 N–H and O–H groups in total. The summed E-state index contributed by atoms with van der Waals surface area (Å²) in [6.07, 6.45) is -25.6. The van der Waals surface area contributed by atoms with Crippen LogP contribution in [0.4, 0.5) is 48.3 Å². The second-order valence-corrected chi connectivity index (χ2v) is 6.34. The molecule has 5 atom stereocenters. The summed E-state index contributed by atoms with van der Waals surface area (Å²) in [4.78, 5) is 0.490. The Morgan fingerprint density at radius 2 is 1.22 bits per heavy atom. The molecule has 13 heteroatoms. The van der Waals surface area contributed by atoms with E-state index in [1.165, 1.54) is 0 Å². The molecule has 0 aromatic carbocycles. The Labute approximate surface area is 147 Å². The Morgan fingerprint density at radius 3 is 1.59 bits per heavy atom. The lowest BCUT2D eigenvalue weighted by atomic mass is 9.96. The molecule has 0 amide bonds. The number of rotatable bonds is 7. The highest BCUT2D eigenvalue weighted by atomic mass is 19.4. The van der Waals surface area contributed by atoms with Gasteiger partial charge in [0.1, 0.15) is 12.2 Å². The Balaban J connectivity index is 3.08. The third-order valence-corrected chi connectivity index (χ3v) is 4.41. The monoisotopic (exact) mass is 425 g/mol. The quantitative estimate of drug-likeness (QED) is 0.422. The standard InChI is InChI=1S/C14H18F11NO/c1-7(27-8(2)12(18,19)9(15)13(20,21)22)11(17,14(23,24)25)10(16)26-5-3-4-6-26/h7-10H,3-6H2,1-2H3/t7?,8?,9?,10-,11?/m0/s1. The van der Waals surface area contributed by atoms with Crippen LogP contribution in [0.15, 0.2) is 0 Å². The Kier molecular flexibility index (Phi) is 7.06. The third-order valence-electron chi connectivity index (χ3n) is 4.41. The maximum Gasteiger partial charge on any atom is 0.429 e. The molecule has 0 saturated carbocycles. The van der Waals surface area contributed by atoms with Gasteiger partial charge in [-0.3, -0.25) is 4.90 Å². The summed E-state index contributed by atoms with van der Waals surface area (Å²) < 4.78 is 149. The Morgan fingerprint density at radius 1 is 0.778 bits per heavy atom. The molecule has 162 valence electrons. The maximum absolute atomic E-state index is 14.7. The highest BCUT2D eigenvalue weighted by Gasteiger charge is 2.68. The van der Waals surface area contributed by atoms with E-state index in [1.54, 1.807) is 0 Å². The van der Waals surface area contributed by atoms with Crippen LogP contribution in [0.3, 0.4) is 0 Å². The van der Waals surface area contributed by atoms with Gasteiger partial charge in [0.05, 0.1) is 0 Å². The van der Waals surface area contributed by atoms with Gasteiger partial charge in [0.25, 0.3) is 11.8 Å². The molecule has 0 aromatic rings. The zero-order valence-corrected chi connectivity index (χ0v) is 14.2. The molecule has 0 radical (unpaired) electrons. The Hall–Kier alpha value is -0.850. The van der Waals surface area contributed by atoms with E-state index in [4.69, 9.17) is 0 Å². The third kappa shape index (κ3) is 4.77. The molecule has 2 nitrogen and oxygen atoms in total. The number of ether oxygens (including phenoxy) is 1. The summed E-state index contributed by atoms with van der Waals surface area (Å²) in [5.74, 6) is -5.32. The van der Waals surface area contributed by atoms with Crippen molar-refractivity contribution in [3.8, 4) is 0 Å². The van der Waals surface area contributed by atoms with Gasteiger partial charge in [-0.25, -0.2) is 22.0 Å². The van der Waals surface area contributed by atoms with Gasteiger partial charge in [-0.15, -0.1) is 0 Å². The largest absolute Gasteiger partial charge is 0.429 e. The molecule has 0 aliphatic carbocycles. The summed E-state index contributed by atoms with van der Waals surface area (Å²) in [5.41, 5.74) is -4.81. The van der Waals surface area contributed by atoms with Gasteiger partial charge in [0.15, 0.2) is 6.30 Å². The number of likely N-dealkylation sites (tertiary alicyclic amines) is 1. The maximum atomic E-state index is 14.7. The van der Waals surface area contributed by atoms with Crippen molar-refractivity contribution < 1.29 is 53.0 Å². The van der Waals surface area contributed by atoms with Crippen LogP contribution in [0.25, 0.3) is 0 Å². The summed E-state index contributed by atoms with van der Waals surface area (Å²) in [6, 6.07) is 0. The van der Waals surface area contributed by atoms with E-state index in [1.807, 2.05) is 0 Å². The number of nitrogens with zero attached hydrogens (tertiary/aromatic N) is 1. The van der Waals surface area contributed by atoms with Crippen LogP contribution in [0.2, 0.25) is 0 Å². The summed E-state index contributed by atoms with van der Waals surface area (Å²) in [7, 11) is 0. The van der Waals surface area contributed by atoms with Gasteiger partial charge in [0.2, 0.25) is 0 Å². The van der Waals surface area contributed by atoms with Crippen molar-refractivity contribution in [2.45, 2.75) is 75.3 Å². The van der Waals surface area contributed by atoms with Crippen LogP contribution in [0.1, 0.15) is 26.7 Å². The predicted octanol–water partition coefficient (Wildman–Crippen LogP) is 4.98. The number of alkyl halides is 11. The molecule has 1 rings (SSSR count). The first-order chi connectivity index (χ1) is 12.0. The van der Waals surface area contributed by atoms with Crippen LogP contribution in [0, 0.1) is 0 Å². The van der Waals surface area contributed by atoms with E-state index in [2.05, 4.69) is 4.74 Å². The molecule has 27 heavy (non-hydrogen) atoms. The van der Waals surface area contributed by atoms with Gasteiger partial charge in [-0.2, -0.15) is 26.3 Å². The van der Waals surface area contributed by atoms with Crippen molar-refractivity contribution in [3.63, 3.8) is 0 Å². The van der Waals surface area contributed by atoms with E-state index in [0.717, 1.165) is 0 Å². The first kappa shape index (κ1) is 24.2. The lowest BCUT2D eigenvalue weighted by Gasteiger charge is -2.40. The molecular formula is C14H18F11NO. The molecular weight excluding hydrogens is 407 g/mol. The summed E-state index contributed by atoms with van der Waals surface area (Å²) in [5, 5.41) is 0. The SMILES string of the molecule is CC(OC(C)C(F)([C@@H](F)N1CCCC1)C(F)(F)F)C(F)(F)C(F)C(F)(F)F. The van der Waals surface area contributed by atoms with Crippen molar-refractivity contribution in [2.75, 3.05) is 13.1 Å². The molecule has 1 saturated heterocycles. The van der Waals surface area contributed by atoms with Crippen molar-refractivity contribution in [2.24, 2.45) is 0 Å². The molecule has 1 aliphatic heterocycles. The smallest absolute Gasteiger partial charge is 0.365 e. The highest BCUT2D eigenvalue weighted by molar-refractivity contribution is 5.01. The van der Waals surface area contributed by atoms with Gasteiger partial charge in [-0.05, 0) is 26.7 Å². The zero-order valence-electron chi connectivity index (χ0n) is 14.2. The van der Waals surface area contributed by atoms with Gasteiger partial charge in [0, 0.05) is 13.1 Å². The molecule has 1 heterocycles. The average molecular weight is 425 g/mol. The van der Waals surface area contributed by atoms with Gasteiger partial charge < -0.3 is 4.74 Å². The van der Waals surface area contributed by atoms with Crippen LogP contribution in [0.5, 0.6) is 0 Å². The number of hydrogen-bond donors (Lipinski definition) is 0. The summed E-state index contributed by atoms with van der Waals surface area (Å²) >= 11 is 0.